The number of rotatable bonds is 6. The fourth-order valence-corrected chi connectivity index (χ4v) is 3.87. The number of carbonyl (C=O) groups excluding carboxylic acids is 2. The molecule has 1 N–H and O–H groups in total. The second-order valence-corrected chi connectivity index (χ2v) is 7.33. The Morgan fingerprint density at radius 1 is 1.14 bits per heavy atom. The molecule has 2 heterocycles. The third-order valence-corrected chi connectivity index (χ3v) is 5.35. The minimum absolute atomic E-state index is 0.0915. The SMILES string of the molecule is CCNC(=O)c1cc(CN(C(=O)c2ccc3c(c2)OCO3)C2CCCCC2)on1. The van der Waals surface area contributed by atoms with Crippen molar-refractivity contribution in [1.82, 2.24) is 15.4 Å². The van der Waals surface area contributed by atoms with Crippen LogP contribution in [0.1, 0.15) is 65.6 Å². The number of amides is 2. The summed E-state index contributed by atoms with van der Waals surface area (Å²) in [6.07, 6.45) is 5.28. The lowest BCUT2D eigenvalue weighted by molar-refractivity contribution is 0.0590. The summed E-state index contributed by atoms with van der Waals surface area (Å²) >= 11 is 0. The van der Waals surface area contributed by atoms with Crippen LogP contribution in [0.2, 0.25) is 0 Å². The molecule has 8 heteroatoms. The van der Waals surface area contributed by atoms with E-state index in [0.717, 1.165) is 25.7 Å². The average molecular weight is 399 g/mol. The van der Waals surface area contributed by atoms with Gasteiger partial charge in [0.1, 0.15) is 0 Å². The van der Waals surface area contributed by atoms with Gasteiger partial charge in [-0.3, -0.25) is 9.59 Å². The predicted octanol–water partition coefficient (Wildman–Crippen LogP) is 3.13. The minimum atomic E-state index is -0.284. The van der Waals surface area contributed by atoms with E-state index in [1.807, 2.05) is 11.8 Å². The smallest absolute Gasteiger partial charge is 0.273 e. The Bertz CT molecular complexity index is 888. The number of nitrogens with one attached hydrogen (secondary N) is 1. The van der Waals surface area contributed by atoms with Crippen molar-refractivity contribution >= 4 is 11.8 Å². The van der Waals surface area contributed by atoms with Crippen molar-refractivity contribution in [2.75, 3.05) is 13.3 Å². The minimum Gasteiger partial charge on any atom is -0.454 e. The highest BCUT2D eigenvalue weighted by Crippen LogP contribution is 2.34. The van der Waals surface area contributed by atoms with Crippen LogP contribution in [-0.2, 0) is 6.54 Å². The number of aromatic nitrogens is 1. The van der Waals surface area contributed by atoms with E-state index in [-0.39, 0.29) is 36.9 Å². The van der Waals surface area contributed by atoms with Crippen LogP contribution in [0.4, 0.5) is 0 Å². The fourth-order valence-electron chi connectivity index (χ4n) is 3.87. The normalized spacial score (nSPS) is 15.9. The number of benzene rings is 1. The van der Waals surface area contributed by atoms with E-state index in [4.69, 9.17) is 14.0 Å². The van der Waals surface area contributed by atoms with Crippen LogP contribution in [0.5, 0.6) is 11.5 Å². The average Bonchev–Trinajstić information content (AvgIpc) is 3.41. The van der Waals surface area contributed by atoms with Crippen LogP contribution < -0.4 is 14.8 Å². The summed E-state index contributed by atoms with van der Waals surface area (Å²) in [6.45, 7) is 2.79. The standard InChI is InChI=1S/C21H25N3O5/c1-2-22-20(25)17-11-16(29-23-17)12-24(15-6-4-3-5-7-15)21(26)14-8-9-18-19(10-14)28-13-27-18/h8-11,15H,2-7,12-13H2,1H3,(H,22,25). The first-order valence-corrected chi connectivity index (χ1v) is 10.1. The molecule has 154 valence electrons. The molecular weight excluding hydrogens is 374 g/mol. The molecule has 8 nitrogen and oxygen atoms in total. The second-order valence-electron chi connectivity index (χ2n) is 7.33. The van der Waals surface area contributed by atoms with Gasteiger partial charge in [0.25, 0.3) is 11.8 Å². The summed E-state index contributed by atoms with van der Waals surface area (Å²) in [4.78, 5) is 27.2. The Hall–Kier alpha value is -3.03. The van der Waals surface area contributed by atoms with E-state index in [1.54, 1.807) is 24.3 Å². The molecule has 0 atom stereocenters. The van der Waals surface area contributed by atoms with E-state index < -0.39 is 0 Å². The lowest BCUT2D eigenvalue weighted by Crippen LogP contribution is -2.40. The van der Waals surface area contributed by atoms with Gasteiger partial charge in [-0.15, -0.1) is 0 Å². The molecule has 0 spiro atoms. The highest BCUT2D eigenvalue weighted by molar-refractivity contribution is 5.95. The molecule has 4 rings (SSSR count). The molecule has 0 saturated heterocycles. The largest absolute Gasteiger partial charge is 0.454 e. The maximum atomic E-state index is 13.4. The molecule has 2 aromatic rings. The maximum absolute atomic E-state index is 13.4. The second kappa shape index (κ2) is 8.55. The highest BCUT2D eigenvalue weighted by Gasteiger charge is 2.29. The molecule has 0 unspecified atom stereocenters. The molecule has 1 aromatic carbocycles. The number of fused-ring (bicyclic) bond motifs is 1. The molecular formula is C21H25N3O5. The van der Waals surface area contributed by atoms with Gasteiger partial charge in [0, 0.05) is 24.2 Å². The zero-order chi connectivity index (χ0) is 20.2. The molecule has 1 aliphatic heterocycles. The summed E-state index contributed by atoms with van der Waals surface area (Å²) in [7, 11) is 0. The van der Waals surface area contributed by atoms with Crippen molar-refractivity contribution in [1.29, 1.82) is 0 Å². The van der Waals surface area contributed by atoms with Gasteiger partial charge >= 0.3 is 0 Å². The van der Waals surface area contributed by atoms with E-state index in [1.165, 1.54) is 6.42 Å². The Labute approximate surface area is 169 Å². The maximum Gasteiger partial charge on any atom is 0.273 e. The van der Waals surface area contributed by atoms with E-state index in [0.29, 0.717) is 29.4 Å². The highest BCUT2D eigenvalue weighted by atomic mass is 16.7. The topological polar surface area (TPSA) is 93.9 Å². The van der Waals surface area contributed by atoms with Crippen molar-refractivity contribution in [2.45, 2.75) is 51.6 Å². The summed E-state index contributed by atoms with van der Waals surface area (Å²) < 4.78 is 16.1. The summed E-state index contributed by atoms with van der Waals surface area (Å²) in [6, 6.07) is 6.97. The summed E-state index contributed by atoms with van der Waals surface area (Å²) in [5.41, 5.74) is 0.768. The van der Waals surface area contributed by atoms with Gasteiger partial charge < -0.3 is 24.2 Å². The van der Waals surface area contributed by atoms with Crippen molar-refractivity contribution in [2.24, 2.45) is 0 Å². The number of ether oxygens (including phenoxy) is 2. The molecule has 29 heavy (non-hydrogen) atoms. The van der Waals surface area contributed by atoms with E-state index in [2.05, 4.69) is 10.5 Å². The Morgan fingerprint density at radius 3 is 2.72 bits per heavy atom. The van der Waals surface area contributed by atoms with Gasteiger partial charge in [0.15, 0.2) is 23.0 Å². The Balaban J connectivity index is 1.56. The van der Waals surface area contributed by atoms with Crippen LogP contribution in [-0.4, -0.2) is 41.3 Å². The third kappa shape index (κ3) is 4.21. The molecule has 0 radical (unpaired) electrons. The lowest BCUT2D eigenvalue weighted by Gasteiger charge is -2.33. The Morgan fingerprint density at radius 2 is 1.93 bits per heavy atom. The van der Waals surface area contributed by atoms with Gasteiger partial charge in [-0.05, 0) is 38.0 Å². The molecule has 1 aliphatic carbocycles. The molecule has 2 aliphatic rings. The zero-order valence-electron chi connectivity index (χ0n) is 16.5. The van der Waals surface area contributed by atoms with Gasteiger partial charge in [-0.2, -0.15) is 0 Å². The van der Waals surface area contributed by atoms with Crippen molar-refractivity contribution < 1.29 is 23.6 Å². The first-order chi connectivity index (χ1) is 14.2. The number of hydrogen-bond acceptors (Lipinski definition) is 6. The van der Waals surface area contributed by atoms with Crippen molar-refractivity contribution in [3.05, 3.63) is 41.3 Å². The van der Waals surface area contributed by atoms with Gasteiger partial charge in [-0.25, -0.2) is 0 Å². The monoisotopic (exact) mass is 399 g/mol. The van der Waals surface area contributed by atoms with E-state index in [9.17, 15) is 9.59 Å². The quantitative estimate of drug-likeness (QED) is 0.802. The Kier molecular flexibility index (Phi) is 5.69. The van der Waals surface area contributed by atoms with Gasteiger partial charge in [-0.1, -0.05) is 24.4 Å². The zero-order valence-corrected chi connectivity index (χ0v) is 16.5. The van der Waals surface area contributed by atoms with Crippen LogP contribution in [0.25, 0.3) is 0 Å². The van der Waals surface area contributed by atoms with Gasteiger partial charge in [0.05, 0.1) is 6.54 Å². The third-order valence-electron chi connectivity index (χ3n) is 5.35. The molecule has 1 saturated carbocycles. The number of nitrogens with zero attached hydrogens (tertiary/aromatic N) is 2. The molecule has 1 aromatic heterocycles. The first kappa shape index (κ1) is 19.3. The van der Waals surface area contributed by atoms with Crippen LogP contribution >= 0.6 is 0 Å². The van der Waals surface area contributed by atoms with Crippen molar-refractivity contribution in [3.63, 3.8) is 0 Å². The number of carbonyl (C=O) groups is 2. The fraction of sp³-hybridized carbons (Fsp3) is 0.476. The van der Waals surface area contributed by atoms with Gasteiger partial charge in [0.2, 0.25) is 6.79 Å². The molecule has 2 amide bonds. The molecule has 0 bridgehead atoms. The van der Waals surface area contributed by atoms with Crippen LogP contribution in [0.15, 0.2) is 28.8 Å². The summed E-state index contributed by atoms with van der Waals surface area (Å²) in [5, 5.41) is 6.55. The predicted molar refractivity (Wildman–Crippen MR) is 104 cm³/mol. The lowest BCUT2D eigenvalue weighted by atomic mass is 9.93. The van der Waals surface area contributed by atoms with Crippen LogP contribution in [0, 0.1) is 0 Å². The number of hydrogen-bond donors (Lipinski definition) is 1. The first-order valence-electron chi connectivity index (χ1n) is 10.1. The summed E-state index contributed by atoms with van der Waals surface area (Å²) in [5.74, 6) is 1.34. The van der Waals surface area contributed by atoms with Crippen LogP contribution in [0.3, 0.4) is 0 Å². The van der Waals surface area contributed by atoms with E-state index >= 15 is 0 Å². The molecule has 1 fully saturated rings. The van der Waals surface area contributed by atoms with Crippen molar-refractivity contribution in [3.8, 4) is 11.5 Å².